The van der Waals surface area contributed by atoms with Gasteiger partial charge in [0.05, 0.1) is 12.3 Å². The van der Waals surface area contributed by atoms with E-state index in [9.17, 15) is 5.11 Å². The fourth-order valence-corrected chi connectivity index (χ4v) is 5.74. The summed E-state index contributed by atoms with van der Waals surface area (Å²) in [6.45, 7) is 10.1. The molecule has 0 amide bonds. The Morgan fingerprint density at radius 1 is 1.03 bits per heavy atom. The molecule has 3 N–H and O–H groups in total. The second-order valence-corrected chi connectivity index (χ2v) is 9.80. The van der Waals surface area contributed by atoms with E-state index in [1.54, 1.807) is 0 Å². The molecule has 0 spiro atoms. The molecule has 4 atom stereocenters. The Kier molecular flexibility index (Phi) is 5.20. The summed E-state index contributed by atoms with van der Waals surface area (Å²) in [5, 5.41) is 21.1. The minimum Gasteiger partial charge on any atom is -0.392 e. The Labute approximate surface area is 193 Å². The number of aliphatic hydroxyl groups is 1. The zero-order valence-corrected chi connectivity index (χ0v) is 19.3. The minimum atomic E-state index is -0.177. The number of aliphatic hydroxyl groups excluding tert-OH is 1. The van der Waals surface area contributed by atoms with Crippen molar-refractivity contribution in [1.29, 1.82) is 0 Å². The molecule has 3 fully saturated rings. The first kappa shape index (κ1) is 20.8. The largest absolute Gasteiger partial charge is 0.392 e. The van der Waals surface area contributed by atoms with E-state index >= 15 is 0 Å². The molecule has 174 valence electrons. The molecule has 6 rings (SSSR count). The van der Waals surface area contributed by atoms with Gasteiger partial charge in [0.15, 0.2) is 0 Å². The van der Waals surface area contributed by atoms with Gasteiger partial charge in [-0.2, -0.15) is 5.10 Å². The van der Waals surface area contributed by atoms with Crippen LogP contribution in [-0.2, 0) is 0 Å². The number of H-pyrrole nitrogens is 1. The summed E-state index contributed by atoms with van der Waals surface area (Å²) in [5.41, 5.74) is 4.84. The topological polar surface area (TPSA) is 96.4 Å². The van der Waals surface area contributed by atoms with E-state index in [1.807, 2.05) is 6.20 Å². The Balaban J connectivity index is 1.26. The molecule has 0 aliphatic carbocycles. The van der Waals surface area contributed by atoms with Gasteiger partial charge >= 0.3 is 0 Å². The maximum atomic E-state index is 9.99. The molecule has 3 aliphatic heterocycles. The molecule has 5 heterocycles. The van der Waals surface area contributed by atoms with Crippen LogP contribution in [-0.4, -0.2) is 93.7 Å². The van der Waals surface area contributed by atoms with Crippen molar-refractivity contribution in [2.45, 2.75) is 44.5 Å². The fourth-order valence-electron chi connectivity index (χ4n) is 5.74. The molecule has 9 heteroatoms. The number of anilines is 2. The van der Waals surface area contributed by atoms with E-state index in [2.05, 4.69) is 73.3 Å². The second-order valence-electron chi connectivity index (χ2n) is 9.80. The first-order valence-corrected chi connectivity index (χ1v) is 12.0. The third-order valence-corrected chi connectivity index (χ3v) is 7.45. The molecule has 1 aromatic carbocycles. The molecule has 0 unspecified atom stereocenters. The predicted octanol–water partition coefficient (Wildman–Crippen LogP) is 1.46. The number of nitrogens with zero attached hydrogens (tertiary/aromatic N) is 6. The zero-order chi connectivity index (χ0) is 22.5. The number of aromatic nitrogens is 4. The number of hydrogen-bond acceptors (Lipinski definition) is 8. The normalized spacial score (nSPS) is 28.5. The van der Waals surface area contributed by atoms with Gasteiger partial charge in [0, 0.05) is 68.6 Å². The molecule has 2 aromatic heterocycles. The number of fused-ring (bicyclic) bond motifs is 2. The summed E-state index contributed by atoms with van der Waals surface area (Å²) in [4.78, 5) is 16.7. The molecule has 33 heavy (non-hydrogen) atoms. The van der Waals surface area contributed by atoms with Crippen LogP contribution in [0.4, 0.5) is 11.6 Å². The van der Waals surface area contributed by atoms with E-state index in [-0.39, 0.29) is 6.10 Å². The Bertz CT molecular complexity index is 1120. The molecule has 3 aliphatic rings. The van der Waals surface area contributed by atoms with Crippen molar-refractivity contribution in [3.05, 3.63) is 30.5 Å². The van der Waals surface area contributed by atoms with Crippen LogP contribution in [0.25, 0.3) is 22.3 Å². The van der Waals surface area contributed by atoms with Gasteiger partial charge in [-0.25, -0.2) is 9.97 Å². The van der Waals surface area contributed by atoms with Crippen molar-refractivity contribution in [3.8, 4) is 11.3 Å². The third kappa shape index (κ3) is 3.74. The Morgan fingerprint density at radius 2 is 1.82 bits per heavy atom. The summed E-state index contributed by atoms with van der Waals surface area (Å²) >= 11 is 0. The van der Waals surface area contributed by atoms with Crippen LogP contribution < -0.4 is 15.1 Å². The average molecular weight is 449 g/mol. The number of hydrogen-bond donors (Lipinski definition) is 3. The summed E-state index contributed by atoms with van der Waals surface area (Å²) in [5.74, 6) is 0.764. The van der Waals surface area contributed by atoms with Gasteiger partial charge in [-0.05, 0) is 32.4 Å². The summed E-state index contributed by atoms with van der Waals surface area (Å²) in [7, 11) is 0. The van der Waals surface area contributed by atoms with Crippen molar-refractivity contribution < 1.29 is 5.11 Å². The monoisotopic (exact) mass is 448 g/mol. The first-order valence-electron chi connectivity index (χ1n) is 12.0. The van der Waals surface area contributed by atoms with Gasteiger partial charge in [-0.15, -0.1) is 0 Å². The molecule has 0 bridgehead atoms. The quantitative estimate of drug-likeness (QED) is 0.554. The average Bonchev–Trinajstić information content (AvgIpc) is 3.40. The highest BCUT2D eigenvalue weighted by atomic mass is 16.3. The maximum Gasteiger partial charge on any atom is 0.226 e. The van der Waals surface area contributed by atoms with Gasteiger partial charge in [0.2, 0.25) is 5.95 Å². The van der Waals surface area contributed by atoms with Gasteiger partial charge in [-0.3, -0.25) is 10.00 Å². The smallest absolute Gasteiger partial charge is 0.226 e. The SMILES string of the molecule is C[C@@H]1CNC[C@H](C)N1c1ncc2[nH]nc(-c3ccc(N4CCN5C[C@@H](O)C[C@@H]5C4)cc3)c2n1. The van der Waals surface area contributed by atoms with E-state index in [0.717, 1.165) is 73.9 Å². The number of rotatable bonds is 3. The van der Waals surface area contributed by atoms with Gasteiger partial charge in [-0.1, -0.05) is 12.1 Å². The van der Waals surface area contributed by atoms with Crippen LogP contribution in [0.1, 0.15) is 20.3 Å². The standard InChI is InChI=1S/C24H32N8O/c1-15-10-25-11-16(2)32(15)24-26-12-21-23(27-24)22(29-28-21)17-3-5-18(6-4-17)30-7-8-31-14-20(33)9-19(31)13-30/h3-6,12,15-16,19-20,25,33H,7-11,13-14H2,1-2H3,(H,28,29)/t15-,16+,19-,20+/m1/s1. The fraction of sp³-hybridized carbons (Fsp3) is 0.542. The van der Waals surface area contributed by atoms with Crippen LogP contribution in [0.2, 0.25) is 0 Å². The molecule has 3 saturated heterocycles. The van der Waals surface area contributed by atoms with Crippen LogP contribution in [0.15, 0.2) is 30.5 Å². The summed E-state index contributed by atoms with van der Waals surface area (Å²) in [6.07, 6.45) is 2.55. The van der Waals surface area contributed by atoms with Crippen molar-refractivity contribution >= 4 is 22.7 Å². The van der Waals surface area contributed by atoms with Crippen LogP contribution in [0.3, 0.4) is 0 Å². The van der Waals surface area contributed by atoms with Crippen molar-refractivity contribution in [2.75, 3.05) is 49.1 Å². The van der Waals surface area contributed by atoms with Crippen molar-refractivity contribution in [3.63, 3.8) is 0 Å². The highest BCUT2D eigenvalue weighted by molar-refractivity contribution is 5.90. The lowest BCUT2D eigenvalue weighted by atomic mass is 10.1. The molecular formula is C24H32N8O. The lowest BCUT2D eigenvalue weighted by Gasteiger charge is -2.39. The number of nitrogens with one attached hydrogen (secondary N) is 2. The van der Waals surface area contributed by atoms with Gasteiger partial charge in [0.25, 0.3) is 0 Å². The zero-order valence-electron chi connectivity index (χ0n) is 19.3. The van der Waals surface area contributed by atoms with Crippen LogP contribution >= 0.6 is 0 Å². The molecule has 0 radical (unpaired) electrons. The third-order valence-electron chi connectivity index (χ3n) is 7.45. The summed E-state index contributed by atoms with van der Waals surface area (Å²) < 4.78 is 0. The second kappa shape index (κ2) is 8.23. The molecule has 3 aromatic rings. The van der Waals surface area contributed by atoms with Crippen molar-refractivity contribution in [2.24, 2.45) is 0 Å². The number of aromatic amines is 1. The highest BCUT2D eigenvalue weighted by Crippen LogP contribution is 2.30. The van der Waals surface area contributed by atoms with E-state index in [0.29, 0.717) is 18.1 Å². The maximum absolute atomic E-state index is 9.99. The predicted molar refractivity (Wildman–Crippen MR) is 130 cm³/mol. The lowest BCUT2D eigenvalue weighted by molar-refractivity contribution is 0.173. The Hall–Kier alpha value is -2.75. The first-order chi connectivity index (χ1) is 16.1. The minimum absolute atomic E-state index is 0.177. The van der Waals surface area contributed by atoms with Crippen LogP contribution in [0, 0.1) is 0 Å². The van der Waals surface area contributed by atoms with E-state index in [1.165, 1.54) is 5.69 Å². The van der Waals surface area contributed by atoms with Crippen molar-refractivity contribution in [1.82, 2.24) is 30.4 Å². The molecule has 0 saturated carbocycles. The highest BCUT2D eigenvalue weighted by Gasteiger charge is 2.35. The van der Waals surface area contributed by atoms with Crippen LogP contribution in [0.5, 0.6) is 0 Å². The lowest BCUT2D eigenvalue weighted by Crippen LogP contribution is -2.55. The van der Waals surface area contributed by atoms with Gasteiger partial charge < -0.3 is 20.2 Å². The van der Waals surface area contributed by atoms with E-state index in [4.69, 9.17) is 4.98 Å². The van der Waals surface area contributed by atoms with E-state index < -0.39 is 0 Å². The number of piperazine rings is 2. The number of benzene rings is 1. The van der Waals surface area contributed by atoms with Gasteiger partial charge in [0.1, 0.15) is 16.7 Å². The summed E-state index contributed by atoms with van der Waals surface area (Å²) in [6, 6.07) is 9.76. The molecular weight excluding hydrogens is 416 g/mol. The Morgan fingerprint density at radius 3 is 2.61 bits per heavy atom. The molecule has 9 nitrogen and oxygen atoms in total.